The van der Waals surface area contributed by atoms with Crippen molar-refractivity contribution in [1.82, 2.24) is 10.3 Å². The van der Waals surface area contributed by atoms with E-state index in [1.807, 2.05) is 6.92 Å². The molecule has 0 saturated carbocycles. The number of methoxy groups -OCH3 is 1. The third-order valence-electron chi connectivity index (χ3n) is 2.41. The molecule has 0 fully saturated rings. The molecule has 2 N–H and O–H groups in total. The Balaban J connectivity index is 2.75. The van der Waals surface area contributed by atoms with Gasteiger partial charge in [0.2, 0.25) is 0 Å². The molecule has 0 radical (unpaired) electrons. The first-order chi connectivity index (χ1) is 9.06. The zero-order valence-electron chi connectivity index (χ0n) is 11.5. The molecule has 0 aromatic carbocycles. The minimum absolute atomic E-state index is 0.0588. The van der Waals surface area contributed by atoms with E-state index in [1.165, 1.54) is 0 Å². The number of hydrogen-bond donors (Lipinski definition) is 2. The third-order valence-corrected chi connectivity index (χ3v) is 2.60. The lowest BCUT2D eigenvalue weighted by Gasteiger charge is -2.13. The summed E-state index contributed by atoms with van der Waals surface area (Å²) in [7, 11) is 1.60. The van der Waals surface area contributed by atoms with Crippen molar-refractivity contribution in [3.63, 3.8) is 0 Å². The maximum Gasteiger partial charge on any atom is 0.251 e. The molecule has 0 aliphatic rings. The number of anilines is 1. The van der Waals surface area contributed by atoms with Gasteiger partial charge in [-0.1, -0.05) is 18.5 Å². The van der Waals surface area contributed by atoms with Crippen LogP contribution in [-0.2, 0) is 4.74 Å². The van der Waals surface area contributed by atoms with Crippen LogP contribution in [0.25, 0.3) is 0 Å². The molecule has 1 rings (SSSR count). The Hall–Kier alpha value is -1.33. The molecular formula is C13H20ClN3O2. The molecular weight excluding hydrogens is 266 g/mol. The number of pyridine rings is 1. The molecule has 0 aliphatic heterocycles. The number of aromatic nitrogens is 1. The molecule has 1 amide bonds. The number of nitrogens with one attached hydrogen (secondary N) is 2. The predicted molar refractivity (Wildman–Crippen MR) is 76.8 cm³/mol. The van der Waals surface area contributed by atoms with Gasteiger partial charge in [0.05, 0.1) is 6.61 Å². The fourth-order valence-corrected chi connectivity index (χ4v) is 1.78. The Morgan fingerprint density at radius 2 is 2.26 bits per heavy atom. The van der Waals surface area contributed by atoms with E-state index in [9.17, 15) is 4.79 Å². The largest absolute Gasteiger partial charge is 0.383 e. The molecule has 1 aromatic rings. The number of hydrogen-bond acceptors (Lipinski definition) is 4. The molecule has 19 heavy (non-hydrogen) atoms. The summed E-state index contributed by atoms with van der Waals surface area (Å²) >= 11 is 5.91. The number of nitrogens with zero attached hydrogens (tertiary/aromatic N) is 1. The van der Waals surface area contributed by atoms with Gasteiger partial charge in [-0.2, -0.15) is 0 Å². The quantitative estimate of drug-likeness (QED) is 0.755. The number of ether oxygens (including phenoxy) is 1. The summed E-state index contributed by atoms with van der Waals surface area (Å²) in [6.07, 6.45) is 0.973. The van der Waals surface area contributed by atoms with Crippen LogP contribution >= 0.6 is 11.6 Å². The Bertz CT molecular complexity index is 426. The molecule has 1 unspecified atom stereocenters. The Kier molecular flexibility index (Phi) is 6.59. The Morgan fingerprint density at radius 1 is 1.53 bits per heavy atom. The lowest BCUT2D eigenvalue weighted by molar-refractivity contribution is 0.0905. The summed E-state index contributed by atoms with van der Waals surface area (Å²) in [5.41, 5.74) is 0.488. The third kappa shape index (κ3) is 5.44. The average Bonchev–Trinajstić information content (AvgIpc) is 2.36. The van der Waals surface area contributed by atoms with Crippen LogP contribution in [0, 0.1) is 0 Å². The smallest absolute Gasteiger partial charge is 0.251 e. The number of carbonyl (C=O) groups is 1. The van der Waals surface area contributed by atoms with E-state index in [4.69, 9.17) is 16.3 Å². The molecule has 0 aliphatic carbocycles. The average molecular weight is 286 g/mol. The second-order valence-electron chi connectivity index (χ2n) is 4.32. The first-order valence-electron chi connectivity index (χ1n) is 6.28. The van der Waals surface area contributed by atoms with Gasteiger partial charge in [-0.3, -0.25) is 4.79 Å². The van der Waals surface area contributed by atoms with Crippen molar-refractivity contribution in [2.45, 2.75) is 26.3 Å². The van der Waals surface area contributed by atoms with Crippen molar-refractivity contribution in [3.8, 4) is 0 Å². The van der Waals surface area contributed by atoms with Crippen molar-refractivity contribution in [1.29, 1.82) is 0 Å². The molecule has 106 valence electrons. The zero-order chi connectivity index (χ0) is 14.3. The maximum atomic E-state index is 12.0. The first-order valence-corrected chi connectivity index (χ1v) is 6.65. The molecule has 1 aromatic heterocycles. The van der Waals surface area contributed by atoms with Gasteiger partial charge < -0.3 is 15.4 Å². The second kappa shape index (κ2) is 7.96. The zero-order valence-corrected chi connectivity index (χ0v) is 12.3. The fraction of sp³-hybridized carbons (Fsp3) is 0.538. The van der Waals surface area contributed by atoms with E-state index < -0.39 is 0 Å². The molecule has 0 spiro atoms. The van der Waals surface area contributed by atoms with E-state index in [0.717, 1.165) is 13.0 Å². The molecule has 5 nitrogen and oxygen atoms in total. The van der Waals surface area contributed by atoms with Gasteiger partial charge in [0.15, 0.2) is 0 Å². The van der Waals surface area contributed by atoms with Gasteiger partial charge >= 0.3 is 0 Å². The van der Waals surface area contributed by atoms with E-state index in [-0.39, 0.29) is 11.9 Å². The molecule has 0 bridgehead atoms. The Morgan fingerprint density at radius 3 is 2.89 bits per heavy atom. The highest BCUT2D eigenvalue weighted by molar-refractivity contribution is 6.29. The fourth-order valence-electron chi connectivity index (χ4n) is 1.57. The van der Waals surface area contributed by atoms with Crippen LogP contribution in [0.1, 0.15) is 30.6 Å². The first kappa shape index (κ1) is 15.7. The van der Waals surface area contributed by atoms with Gasteiger partial charge in [0.25, 0.3) is 5.91 Å². The van der Waals surface area contributed by atoms with E-state index in [1.54, 1.807) is 19.2 Å². The number of amides is 1. The summed E-state index contributed by atoms with van der Waals surface area (Å²) in [6, 6.07) is 3.18. The van der Waals surface area contributed by atoms with Gasteiger partial charge in [-0.15, -0.1) is 0 Å². The van der Waals surface area contributed by atoms with Gasteiger partial charge in [-0.25, -0.2) is 4.98 Å². The van der Waals surface area contributed by atoms with Crippen molar-refractivity contribution < 1.29 is 9.53 Å². The Labute approximate surface area is 118 Å². The lowest BCUT2D eigenvalue weighted by Crippen LogP contribution is -2.35. The van der Waals surface area contributed by atoms with Crippen molar-refractivity contribution in [3.05, 3.63) is 22.8 Å². The van der Waals surface area contributed by atoms with E-state index >= 15 is 0 Å². The lowest BCUT2D eigenvalue weighted by atomic mass is 10.2. The summed E-state index contributed by atoms with van der Waals surface area (Å²) in [4.78, 5) is 16.1. The van der Waals surface area contributed by atoms with E-state index in [0.29, 0.717) is 23.1 Å². The number of halogens is 1. The number of carbonyl (C=O) groups excluding carboxylic acids is 1. The summed E-state index contributed by atoms with van der Waals surface area (Å²) in [5, 5.41) is 6.24. The summed E-state index contributed by atoms with van der Waals surface area (Å²) in [6.45, 7) is 5.18. The second-order valence-corrected chi connectivity index (χ2v) is 4.71. The maximum absolute atomic E-state index is 12.0. The molecule has 6 heteroatoms. The van der Waals surface area contributed by atoms with Crippen molar-refractivity contribution in [2.24, 2.45) is 0 Å². The highest BCUT2D eigenvalue weighted by Crippen LogP contribution is 2.14. The van der Waals surface area contributed by atoms with Crippen molar-refractivity contribution >= 4 is 23.3 Å². The minimum atomic E-state index is -0.187. The molecule has 0 saturated heterocycles. The predicted octanol–water partition coefficient (Wildman–Crippen LogP) is 2.32. The number of rotatable bonds is 7. The monoisotopic (exact) mass is 285 g/mol. The van der Waals surface area contributed by atoms with E-state index in [2.05, 4.69) is 22.5 Å². The normalized spacial score (nSPS) is 12.0. The summed E-state index contributed by atoms with van der Waals surface area (Å²) < 4.78 is 4.98. The topological polar surface area (TPSA) is 63.2 Å². The van der Waals surface area contributed by atoms with Gasteiger partial charge in [0.1, 0.15) is 11.0 Å². The molecule has 1 heterocycles. The van der Waals surface area contributed by atoms with Crippen LogP contribution in [0.15, 0.2) is 12.1 Å². The van der Waals surface area contributed by atoms with Crippen LogP contribution in [0.4, 0.5) is 5.82 Å². The van der Waals surface area contributed by atoms with Gasteiger partial charge in [-0.05, 0) is 25.5 Å². The van der Waals surface area contributed by atoms with Crippen LogP contribution in [0.5, 0.6) is 0 Å². The van der Waals surface area contributed by atoms with Crippen LogP contribution in [0.2, 0.25) is 5.15 Å². The summed E-state index contributed by atoms with van der Waals surface area (Å²) in [5.74, 6) is 0.423. The van der Waals surface area contributed by atoms with Crippen LogP contribution in [0.3, 0.4) is 0 Å². The SMILES string of the molecule is CCCNc1cc(C(=O)NC(C)COC)cc(Cl)n1. The molecule has 1 atom stereocenters. The highest BCUT2D eigenvalue weighted by atomic mass is 35.5. The van der Waals surface area contributed by atoms with Crippen molar-refractivity contribution in [2.75, 3.05) is 25.6 Å². The standard InChI is InChI=1S/C13H20ClN3O2/c1-4-5-15-12-7-10(6-11(14)17-12)13(18)16-9(2)8-19-3/h6-7,9H,4-5,8H2,1-3H3,(H,15,17)(H,16,18). The minimum Gasteiger partial charge on any atom is -0.383 e. The highest BCUT2D eigenvalue weighted by Gasteiger charge is 2.12. The van der Waals surface area contributed by atoms with Crippen LogP contribution < -0.4 is 10.6 Å². The van der Waals surface area contributed by atoms with Crippen LogP contribution in [-0.4, -0.2) is 37.2 Å². The van der Waals surface area contributed by atoms with Gasteiger partial charge in [0, 0.05) is 25.3 Å².